The molecule has 136 valence electrons. The Balaban J connectivity index is 1.75. The van der Waals surface area contributed by atoms with Crippen LogP contribution in [0.25, 0.3) is 0 Å². The van der Waals surface area contributed by atoms with Crippen molar-refractivity contribution in [1.29, 1.82) is 0 Å². The van der Waals surface area contributed by atoms with Crippen LogP contribution < -0.4 is 20.9 Å². The van der Waals surface area contributed by atoms with Gasteiger partial charge in [0.1, 0.15) is 5.75 Å². The summed E-state index contributed by atoms with van der Waals surface area (Å²) in [5.74, 6) is -0.355. The monoisotopic (exact) mass is 411 g/mol. The molecular formula is C17H15Cl2N3O3S. The normalized spacial score (nSPS) is 9.96. The minimum Gasteiger partial charge on any atom is -0.483 e. The third-order valence-electron chi connectivity index (χ3n) is 3.14. The second-order valence-electron chi connectivity index (χ2n) is 5.16. The molecule has 0 atom stereocenters. The fourth-order valence-corrected chi connectivity index (χ4v) is 2.38. The number of rotatable bonds is 4. The van der Waals surface area contributed by atoms with E-state index in [1.807, 2.05) is 6.92 Å². The van der Waals surface area contributed by atoms with Crippen LogP contribution >= 0.6 is 35.4 Å². The molecule has 3 N–H and O–H groups in total. The van der Waals surface area contributed by atoms with Gasteiger partial charge in [-0.05, 0) is 67.2 Å². The maximum atomic E-state index is 12.0. The van der Waals surface area contributed by atoms with Crippen molar-refractivity contribution in [2.45, 2.75) is 6.92 Å². The molecule has 0 saturated carbocycles. The molecule has 2 aromatic carbocycles. The summed E-state index contributed by atoms with van der Waals surface area (Å²) in [6, 6.07) is 11.4. The summed E-state index contributed by atoms with van der Waals surface area (Å²) in [5.41, 5.74) is 5.95. The first-order valence-corrected chi connectivity index (χ1v) is 8.56. The average Bonchev–Trinajstić information content (AvgIpc) is 2.59. The highest BCUT2D eigenvalue weighted by Gasteiger charge is 2.09. The molecule has 0 aliphatic heterocycles. The zero-order chi connectivity index (χ0) is 19.1. The first-order chi connectivity index (χ1) is 12.3. The highest BCUT2D eigenvalue weighted by molar-refractivity contribution is 7.80. The van der Waals surface area contributed by atoms with E-state index in [4.69, 9.17) is 40.2 Å². The lowest BCUT2D eigenvalue weighted by molar-refractivity contribution is -0.123. The lowest BCUT2D eigenvalue weighted by Gasteiger charge is -2.12. The van der Waals surface area contributed by atoms with Gasteiger partial charge in [0.25, 0.3) is 11.8 Å². The molecule has 2 aromatic rings. The van der Waals surface area contributed by atoms with Gasteiger partial charge in [-0.1, -0.05) is 23.2 Å². The Bertz CT molecular complexity index is 829. The molecule has 0 heterocycles. The Morgan fingerprint density at radius 2 is 1.69 bits per heavy atom. The summed E-state index contributed by atoms with van der Waals surface area (Å²) in [5, 5.41) is 3.48. The molecule has 2 amide bonds. The third-order valence-corrected chi connectivity index (χ3v) is 3.84. The van der Waals surface area contributed by atoms with Gasteiger partial charge in [0, 0.05) is 15.6 Å². The van der Waals surface area contributed by atoms with E-state index < -0.39 is 11.8 Å². The molecule has 0 fully saturated rings. The van der Waals surface area contributed by atoms with Crippen molar-refractivity contribution in [2.24, 2.45) is 0 Å². The molecule has 0 aliphatic carbocycles. The highest BCUT2D eigenvalue weighted by Crippen LogP contribution is 2.21. The van der Waals surface area contributed by atoms with E-state index >= 15 is 0 Å². The zero-order valence-electron chi connectivity index (χ0n) is 13.6. The summed E-state index contributed by atoms with van der Waals surface area (Å²) in [6.07, 6.45) is 0. The van der Waals surface area contributed by atoms with E-state index in [1.54, 1.807) is 42.5 Å². The smallest absolute Gasteiger partial charge is 0.276 e. The van der Waals surface area contributed by atoms with Crippen molar-refractivity contribution in [1.82, 2.24) is 16.2 Å². The standard InChI is InChI=1S/C17H15Cl2N3O3S/c1-10-8-13(19)6-7-14(10)25-9-15(23)21-22-17(26)20-16(24)11-2-4-12(18)5-3-11/h2-8H,9H2,1H3,(H,21,23)(H2,20,22,24,26). The molecule has 9 heteroatoms. The van der Waals surface area contributed by atoms with Crippen LogP contribution in [0.3, 0.4) is 0 Å². The molecule has 0 unspecified atom stereocenters. The van der Waals surface area contributed by atoms with Crippen LogP contribution in [0.1, 0.15) is 15.9 Å². The number of carbonyl (C=O) groups excluding carboxylic acids is 2. The first-order valence-electron chi connectivity index (χ1n) is 7.40. The van der Waals surface area contributed by atoms with Crippen LogP contribution in [0.5, 0.6) is 5.75 Å². The van der Waals surface area contributed by atoms with E-state index in [9.17, 15) is 9.59 Å². The Labute approximate surface area is 165 Å². The van der Waals surface area contributed by atoms with Gasteiger partial charge in [-0.2, -0.15) is 0 Å². The summed E-state index contributed by atoms with van der Waals surface area (Å²) in [6.45, 7) is 1.59. The first kappa shape index (κ1) is 20.0. The molecule has 6 nitrogen and oxygen atoms in total. The third kappa shape index (κ3) is 6.18. The minimum atomic E-state index is -0.470. The second kappa shape index (κ2) is 9.38. The summed E-state index contributed by atoms with van der Waals surface area (Å²) < 4.78 is 5.39. The van der Waals surface area contributed by atoms with Gasteiger partial charge in [-0.25, -0.2) is 0 Å². The predicted octanol–water partition coefficient (Wildman–Crippen LogP) is 3.02. The molecule has 0 aromatic heterocycles. The van der Waals surface area contributed by atoms with E-state index in [2.05, 4.69) is 16.2 Å². The van der Waals surface area contributed by atoms with Gasteiger partial charge in [0.15, 0.2) is 11.7 Å². The van der Waals surface area contributed by atoms with Crippen LogP contribution in [-0.2, 0) is 4.79 Å². The number of hydrogen-bond acceptors (Lipinski definition) is 4. The number of hydrazine groups is 1. The van der Waals surface area contributed by atoms with Crippen LogP contribution in [0.15, 0.2) is 42.5 Å². The molecule has 0 bridgehead atoms. The molecule has 2 rings (SSSR count). The van der Waals surface area contributed by atoms with Gasteiger partial charge in [0.05, 0.1) is 0 Å². The SMILES string of the molecule is Cc1cc(Cl)ccc1OCC(=O)NNC(=S)NC(=O)c1ccc(Cl)cc1. The Morgan fingerprint density at radius 3 is 2.35 bits per heavy atom. The largest absolute Gasteiger partial charge is 0.483 e. The molecule has 0 aliphatic rings. The van der Waals surface area contributed by atoms with E-state index in [0.717, 1.165) is 5.56 Å². The molecule has 0 radical (unpaired) electrons. The second-order valence-corrected chi connectivity index (χ2v) is 6.44. The van der Waals surface area contributed by atoms with Gasteiger partial charge in [-0.15, -0.1) is 0 Å². The summed E-state index contributed by atoms with van der Waals surface area (Å²) >= 11 is 16.6. The van der Waals surface area contributed by atoms with Gasteiger partial charge < -0.3 is 4.74 Å². The van der Waals surface area contributed by atoms with Crippen molar-refractivity contribution in [3.8, 4) is 5.75 Å². The topological polar surface area (TPSA) is 79.5 Å². The number of thiocarbonyl (C=S) groups is 1. The molecule has 26 heavy (non-hydrogen) atoms. The van der Waals surface area contributed by atoms with Crippen molar-refractivity contribution in [2.75, 3.05) is 6.61 Å². The summed E-state index contributed by atoms with van der Waals surface area (Å²) in [4.78, 5) is 23.7. The molecular weight excluding hydrogens is 397 g/mol. The van der Waals surface area contributed by atoms with Crippen LogP contribution in [0.2, 0.25) is 10.0 Å². The number of amides is 2. The van der Waals surface area contributed by atoms with Crippen molar-refractivity contribution in [3.63, 3.8) is 0 Å². The number of halogens is 2. The van der Waals surface area contributed by atoms with Gasteiger partial charge in [0.2, 0.25) is 0 Å². The zero-order valence-corrected chi connectivity index (χ0v) is 16.0. The Hall–Kier alpha value is -2.35. The Morgan fingerprint density at radius 1 is 1.04 bits per heavy atom. The van der Waals surface area contributed by atoms with E-state index in [0.29, 0.717) is 21.4 Å². The van der Waals surface area contributed by atoms with Crippen molar-refractivity contribution >= 4 is 52.3 Å². The number of aryl methyl sites for hydroxylation is 1. The average molecular weight is 412 g/mol. The maximum Gasteiger partial charge on any atom is 0.276 e. The number of carbonyl (C=O) groups is 2. The lowest BCUT2D eigenvalue weighted by atomic mass is 10.2. The molecule has 0 spiro atoms. The van der Waals surface area contributed by atoms with Gasteiger partial charge >= 0.3 is 0 Å². The van der Waals surface area contributed by atoms with Crippen molar-refractivity contribution < 1.29 is 14.3 Å². The number of hydrogen-bond donors (Lipinski definition) is 3. The van der Waals surface area contributed by atoms with Crippen LogP contribution in [-0.4, -0.2) is 23.5 Å². The maximum absolute atomic E-state index is 12.0. The van der Waals surface area contributed by atoms with Crippen LogP contribution in [0, 0.1) is 6.92 Å². The highest BCUT2D eigenvalue weighted by atomic mass is 35.5. The number of nitrogens with one attached hydrogen (secondary N) is 3. The predicted molar refractivity (Wildman–Crippen MR) is 104 cm³/mol. The van der Waals surface area contributed by atoms with E-state index in [-0.39, 0.29) is 11.7 Å². The number of benzene rings is 2. The fraction of sp³-hybridized carbons (Fsp3) is 0.118. The minimum absolute atomic E-state index is 0.0547. The number of ether oxygens (including phenoxy) is 1. The lowest BCUT2D eigenvalue weighted by Crippen LogP contribution is -2.49. The van der Waals surface area contributed by atoms with Crippen molar-refractivity contribution in [3.05, 3.63) is 63.6 Å². The quantitative estimate of drug-likeness (QED) is 0.532. The molecule has 0 saturated heterocycles. The fourth-order valence-electron chi connectivity index (χ4n) is 1.89. The van der Waals surface area contributed by atoms with Gasteiger partial charge in [-0.3, -0.25) is 25.8 Å². The van der Waals surface area contributed by atoms with E-state index in [1.165, 1.54) is 0 Å². The Kier molecular flexibility index (Phi) is 7.20. The summed E-state index contributed by atoms with van der Waals surface area (Å²) in [7, 11) is 0. The van der Waals surface area contributed by atoms with Crippen LogP contribution in [0.4, 0.5) is 0 Å².